The number of likely N-dealkylation sites (tertiary alicyclic amines) is 1. The Morgan fingerprint density at radius 2 is 1.81 bits per heavy atom. The molecule has 2 aromatic rings. The van der Waals surface area contributed by atoms with E-state index < -0.39 is 0 Å². The number of amides is 1. The van der Waals surface area contributed by atoms with E-state index in [9.17, 15) is 4.79 Å². The monoisotopic (exact) mass is 435 g/mol. The molecule has 0 spiro atoms. The summed E-state index contributed by atoms with van der Waals surface area (Å²) in [7, 11) is 0. The quantitative estimate of drug-likeness (QED) is 0.745. The van der Waals surface area contributed by atoms with Crippen molar-refractivity contribution in [3.63, 3.8) is 0 Å². The topological polar surface area (TPSA) is 90.0 Å². The van der Waals surface area contributed by atoms with Crippen LogP contribution in [0.4, 0.5) is 17.6 Å². The summed E-state index contributed by atoms with van der Waals surface area (Å²) in [6.45, 7) is 2.63. The van der Waals surface area contributed by atoms with Crippen LogP contribution in [0.2, 0.25) is 0 Å². The standard InChI is InChI=1S/C24H33N7O/c32-23(30-12-3-4-13-30)20-11-6-14-31(20)24-25-18-10-5-9-17(18)22(27-24)26-21-15-19(28-29-21)16-7-1-2-8-16/h15-16,20H,1-14H2,(H2,25,26,27,28,29)/t20-/m0/s1. The van der Waals surface area contributed by atoms with Gasteiger partial charge in [0.2, 0.25) is 11.9 Å². The highest BCUT2D eigenvalue weighted by Crippen LogP contribution is 2.36. The Morgan fingerprint density at radius 1 is 0.969 bits per heavy atom. The molecule has 1 amide bonds. The Balaban J connectivity index is 1.27. The van der Waals surface area contributed by atoms with Gasteiger partial charge in [-0.2, -0.15) is 10.1 Å². The van der Waals surface area contributed by atoms with E-state index in [4.69, 9.17) is 9.97 Å². The number of H-pyrrole nitrogens is 1. The molecule has 4 aliphatic rings. The first kappa shape index (κ1) is 20.0. The van der Waals surface area contributed by atoms with Gasteiger partial charge in [-0.05, 0) is 57.8 Å². The maximum Gasteiger partial charge on any atom is 0.245 e. The maximum atomic E-state index is 13.2. The van der Waals surface area contributed by atoms with E-state index in [2.05, 4.69) is 26.5 Å². The molecule has 2 aliphatic carbocycles. The fourth-order valence-corrected chi connectivity index (χ4v) is 6.03. The Bertz CT molecular complexity index is 990. The highest BCUT2D eigenvalue weighted by atomic mass is 16.2. The molecule has 8 heteroatoms. The third-order valence-corrected chi connectivity index (χ3v) is 7.77. The zero-order valence-electron chi connectivity index (χ0n) is 18.8. The zero-order chi connectivity index (χ0) is 21.5. The summed E-state index contributed by atoms with van der Waals surface area (Å²) >= 11 is 0. The van der Waals surface area contributed by atoms with Crippen molar-refractivity contribution in [1.29, 1.82) is 0 Å². The minimum atomic E-state index is -0.125. The molecule has 2 saturated heterocycles. The molecule has 4 heterocycles. The Hall–Kier alpha value is -2.64. The second-order valence-electron chi connectivity index (χ2n) is 9.85. The molecule has 0 bridgehead atoms. The van der Waals surface area contributed by atoms with Crippen LogP contribution in [0.1, 0.15) is 80.7 Å². The van der Waals surface area contributed by atoms with Crippen molar-refractivity contribution in [3.05, 3.63) is 23.0 Å². The number of nitrogens with one attached hydrogen (secondary N) is 2. The number of fused-ring (bicyclic) bond motifs is 1. The fraction of sp³-hybridized carbons (Fsp3) is 0.667. The van der Waals surface area contributed by atoms with E-state index in [1.807, 2.05) is 4.90 Å². The van der Waals surface area contributed by atoms with Gasteiger partial charge in [-0.15, -0.1) is 0 Å². The van der Waals surface area contributed by atoms with Gasteiger partial charge in [0.15, 0.2) is 5.82 Å². The lowest BCUT2D eigenvalue weighted by Crippen LogP contribution is -2.45. The third kappa shape index (κ3) is 3.63. The highest BCUT2D eigenvalue weighted by Gasteiger charge is 2.37. The lowest BCUT2D eigenvalue weighted by molar-refractivity contribution is -0.131. The summed E-state index contributed by atoms with van der Waals surface area (Å²) in [5.41, 5.74) is 3.57. The number of hydrogen-bond donors (Lipinski definition) is 2. The van der Waals surface area contributed by atoms with Gasteiger partial charge < -0.3 is 15.1 Å². The molecule has 3 fully saturated rings. The van der Waals surface area contributed by atoms with Crippen molar-refractivity contribution in [2.45, 2.75) is 82.6 Å². The molecule has 6 rings (SSSR count). The normalized spacial score (nSPS) is 23.3. The Labute approximate surface area is 189 Å². The van der Waals surface area contributed by atoms with Crippen molar-refractivity contribution >= 4 is 23.5 Å². The number of anilines is 3. The summed E-state index contributed by atoms with van der Waals surface area (Å²) in [6.07, 6.45) is 12.3. The van der Waals surface area contributed by atoms with E-state index in [0.717, 1.165) is 81.9 Å². The van der Waals surface area contributed by atoms with E-state index in [0.29, 0.717) is 11.9 Å². The first-order valence-electron chi connectivity index (χ1n) is 12.5. The lowest BCUT2D eigenvalue weighted by atomic mass is 10.0. The number of nitrogens with zero attached hydrogens (tertiary/aromatic N) is 5. The molecule has 170 valence electrons. The number of aromatic nitrogens is 4. The summed E-state index contributed by atoms with van der Waals surface area (Å²) in [6, 6.07) is 2.02. The largest absolute Gasteiger partial charge is 0.341 e. The molecule has 0 aromatic carbocycles. The van der Waals surface area contributed by atoms with E-state index in [-0.39, 0.29) is 11.9 Å². The molecule has 2 aliphatic heterocycles. The van der Waals surface area contributed by atoms with Crippen LogP contribution in [0.3, 0.4) is 0 Å². The summed E-state index contributed by atoms with van der Waals surface area (Å²) in [5.74, 6) is 3.26. The van der Waals surface area contributed by atoms with Gasteiger partial charge in [0.1, 0.15) is 11.9 Å². The smallest absolute Gasteiger partial charge is 0.245 e. The van der Waals surface area contributed by atoms with E-state index >= 15 is 0 Å². The van der Waals surface area contributed by atoms with Gasteiger partial charge >= 0.3 is 0 Å². The molecule has 0 radical (unpaired) electrons. The van der Waals surface area contributed by atoms with Gasteiger partial charge in [-0.1, -0.05) is 12.8 Å². The summed E-state index contributed by atoms with van der Waals surface area (Å²) < 4.78 is 0. The van der Waals surface area contributed by atoms with E-state index in [1.165, 1.54) is 36.9 Å². The lowest BCUT2D eigenvalue weighted by Gasteiger charge is -2.28. The van der Waals surface area contributed by atoms with Crippen LogP contribution in [0.25, 0.3) is 0 Å². The second-order valence-corrected chi connectivity index (χ2v) is 9.85. The first-order chi connectivity index (χ1) is 15.8. The summed E-state index contributed by atoms with van der Waals surface area (Å²) in [5, 5.41) is 11.3. The number of rotatable bonds is 5. The van der Waals surface area contributed by atoms with Crippen LogP contribution in [0, 0.1) is 0 Å². The van der Waals surface area contributed by atoms with Crippen molar-refractivity contribution in [1.82, 2.24) is 25.1 Å². The number of hydrogen-bond acceptors (Lipinski definition) is 6. The van der Waals surface area contributed by atoms with E-state index in [1.54, 1.807) is 0 Å². The van der Waals surface area contributed by atoms with Crippen LogP contribution >= 0.6 is 0 Å². The predicted molar refractivity (Wildman–Crippen MR) is 123 cm³/mol. The predicted octanol–water partition coefficient (Wildman–Crippen LogP) is 3.68. The molecule has 2 aromatic heterocycles. The van der Waals surface area contributed by atoms with Crippen molar-refractivity contribution in [3.8, 4) is 0 Å². The molecule has 8 nitrogen and oxygen atoms in total. The molecule has 1 atom stereocenters. The molecule has 0 unspecified atom stereocenters. The number of aryl methyl sites for hydroxylation is 1. The average Bonchev–Trinajstić information content (AvgIpc) is 3.62. The van der Waals surface area contributed by atoms with Crippen LogP contribution in [0.15, 0.2) is 6.07 Å². The van der Waals surface area contributed by atoms with Gasteiger partial charge in [0.05, 0.1) is 5.69 Å². The number of carbonyl (C=O) groups excluding carboxylic acids is 1. The Morgan fingerprint density at radius 3 is 2.66 bits per heavy atom. The maximum absolute atomic E-state index is 13.2. The van der Waals surface area contributed by atoms with Gasteiger partial charge in [0, 0.05) is 42.9 Å². The minimum absolute atomic E-state index is 0.125. The second kappa shape index (κ2) is 8.37. The van der Waals surface area contributed by atoms with Crippen molar-refractivity contribution in [2.75, 3.05) is 29.9 Å². The highest BCUT2D eigenvalue weighted by molar-refractivity contribution is 5.85. The fourth-order valence-electron chi connectivity index (χ4n) is 6.03. The molecular formula is C24H33N7O. The van der Waals surface area contributed by atoms with Gasteiger partial charge in [-0.25, -0.2) is 4.98 Å². The molecule has 2 N–H and O–H groups in total. The molecule has 1 saturated carbocycles. The van der Waals surface area contributed by atoms with Crippen LogP contribution in [-0.2, 0) is 17.6 Å². The number of carbonyl (C=O) groups is 1. The van der Waals surface area contributed by atoms with Gasteiger partial charge in [0.25, 0.3) is 0 Å². The number of aromatic amines is 1. The minimum Gasteiger partial charge on any atom is -0.341 e. The van der Waals surface area contributed by atoms with Crippen LogP contribution in [0.5, 0.6) is 0 Å². The van der Waals surface area contributed by atoms with Crippen molar-refractivity contribution < 1.29 is 4.79 Å². The Kier molecular flexibility index (Phi) is 5.23. The van der Waals surface area contributed by atoms with Crippen LogP contribution in [-0.4, -0.2) is 56.6 Å². The zero-order valence-corrected chi connectivity index (χ0v) is 18.8. The third-order valence-electron chi connectivity index (χ3n) is 7.77. The molecule has 32 heavy (non-hydrogen) atoms. The molecular weight excluding hydrogens is 402 g/mol. The van der Waals surface area contributed by atoms with Gasteiger partial charge in [-0.3, -0.25) is 9.89 Å². The van der Waals surface area contributed by atoms with Crippen LogP contribution < -0.4 is 10.2 Å². The summed E-state index contributed by atoms with van der Waals surface area (Å²) in [4.78, 5) is 27.3. The first-order valence-corrected chi connectivity index (χ1v) is 12.5. The van der Waals surface area contributed by atoms with Crippen molar-refractivity contribution in [2.24, 2.45) is 0 Å². The average molecular weight is 436 g/mol. The SMILES string of the molecule is O=C([C@@H]1CCCN1c1nc2c(c(Nc3cc(C4CCCC4)[nH]n3)n1)CCC2)N1CCCC1.